The highest BCUT2D eigenvalue weighted by Gasteiger charge is 1.80. The number of rotatable bonds is 2. The van der Waals surface area contributed by atoms with Gasteiger partial charge in [0.25, 0.3) is 0 Å². The molecule has 0 fully saturated rings. The Morgan fingerprint density at radius 3 is 2.25 bits per heavy atom. The van der Waals surface area contributed by atoms with Crippen molar-refractivity contribution in [3.63, 3.8) is 0 Å². The summed E-state index contributed by atoms with van der Waals surface area (Å²) in [5, 5.41) is 0. The van der Waals surface area contributed by atoms with E-state index >= 15 is 0 Å². The van der Waals surface area contributed by atoms with Crippen LogP contribution in [0.3, 0.4) is 0 Å². The van der Waals surface area contributed by atoms with Crippen molar-refractivity contribution in [1.29, 1.82) is 0 Å². The van der Waals surface area contributed by atoms with Crippen molar-refractivity contribution in [2.75, 3.05) is 14.1 Å². The van der Waals surface area contributed by atoms with E-state index in [2.05, 4.69) is 0 Å². The third-order valence-electron chi connectivity index (χ3n) is 0.537. The Bertz CT molecular complexity index is 107. The summed E-state index contributed by atoms with van der Waals surface area (Å²) in [5.41, 5.74) is 4.79. The molecule has 3 heteroatoms. The standard InChI is InChI=1S/C5H10N2O/c1-7(2)4-3-5(6)8/h3-4H,1-2H3,(H2,6,8)/b4-3+. The number of carbonyl (C=O) groups is 1. The molecule has 0 aromatic carbocycles. The highest BCUT2D eigenvalue weighted by atomic mass is 16.1. The molecule has 0 atom stereocenters. The highest BCUT2D eigenvalue weighted by molar-refractivity contribution is 5.85. The molecule has 0 rings (SSSR count). The van der Waals surface area contributed by atoms with Crippen LogP contribution in [-0.2, 0) is 4.79 Å². The van der Waals surface area contributed by atoms with E-state index in [9.17, 15) is 4.79 Å². The largest absolute Gasteiger partial charge is 0.383 e. The molecule has 3 nitrogen and oxygen atoms in total. The SMILES string of the molecule is CN(C)/C=C/C(N)=O. The smallest absolute Gasteiger partial charge is 0.242 e. The van der Waals surface area contributed by atoms with Gasteiger partial charge in [-0.1, -0.05) is 0 Å². The van der Waals surface area contributed by atoms with Gasteiger partial charge in [-0.3, -0.25) is 4.79 Å². The molecule has 0 aromatic rings. The Morgan fingerprint density at radius 2 is 2.12 bits per heavy atom. The van der Waals surface area contributed by atoms with Crippen molar-refractivity contribution in [2.24, 2.45) is 5.73 Å². The van der Waals surface area contributed by atoms with Crippen LogP contribution in [0.25, 0.3) is 0 Å². The van der Waals surface area contributed by atoms with Crippen molar-refractivity contribution >= 4 is 5.91 Å². The summed E-state index contributed by atoms with van der Waals surface area (Å²) in [7, 11) is 3.64. The second-order valence-electron chi connectivity index (χ2n) is 1.68. The van der Waals surface area contributed by atoms with Gasteiger partial charge in [-0.25, -0.2) is 0 Å². The second kappa shape index (κ2) is 3.07. The van der Waals surface area contributed by atoms with Crippen molar-refractivity contribution < 1.29 is 4.79 Å². The van der Waals surface area contributed by atoms with Gasteiger partial charge in [0.05, 0.1) is 0 Å². The normalized spacial score (nSPS) is 9.75. The molecule has 0 aliphatic carbocycles. The summed E-state index contributed by atoms with van der Waals surface area (Å²) in [6.07, 6.45) is 2.91. The third kappa shape index (κ3) is 5.01. The van der Waals surface area contributed by atoms with Gasteiger partial charge < -0.3 is 10.6 Å². The van der Waals surface area contributed by atoms with Gasteiger partial charge in [-0.05, 0) is 0 Å². The Kier molecular flexibility index (Phi) is 2.69. The lowest BCUT2D eigenvalue weighted by atomic mass is 10.6. The molecule has 0 saturated heterocycles. The molecule has 46 valence electrons. The maximum atomic E-state index is 10.0. The van der Waals surface area contributed by atoms with E-state index < -0.39 is 5.91 Å². The van der Waals surface area contributed by atoms with Gasteiger partial charge in [0, 0.05) is 26.4 Å². The van der Waals surface area contributed by atoms with Crippen LogP contribution >= 0.6 is 0 Å². The Hall–Kier alpha value is -0.990. The van der Waals surface area contributed by atoms with Crippen molar-refractivity contribution in [2.45, 2.75) is 0 Å². The molecule has 0 spiro atoms. The zero-order valence-electron chi connectivity index (χ0n) is 5.09. The number of carbonyl (C=O) groups excluding carboxylic acids is 1. The first-order valence-electron chi connectivity index (χ1n) is 2.27. The zero-order chi connectivity index (χ0) is 6.57. The van der Waals surface area contributed by atoms with Crippen LogP contribution < -0.4 is 5.73 Å². The summed E-state index contributed by atoms with van der Waals surface area (Å²) in [4.78, 5) is 11.8. The lowest BCUT2D eigenvalue weighted by Gasteiger charge is -2.00. The topological polar surface area (TPSA) is 46.3 Å². The molecule has 0 aromatic heterocycles. The molecule has 0 heterocycles. The van der Waals surface area contributed by atoms with Gasteiger partial charge >= 0.3 is 0 Å². The quantitative estimate of drug-likeness (QED) is 0.494. The Labute approximate surface area is 48.8 Å². The average Bonchev–Trinajstić information content (AvgIpc) is 1.61. The molecule has 0 bridgehead atoms. The van der Waals surface area contributed by atoms with Gasteiger partial charge in [-0.2, -0.15) is 0 Å². The highest BCUT2D eigenvalue weighted by Crippen LogP contribution is 1.73. The van der Waals surface area contributed by atoms with Crippen LogP contribution in [0.2, 0.25) is 0 Å². The molecular weight excluding hydrogens is 104 g/mol. The molecular formula is C5H10N2O. The number of amides is 1. The van der Waals surface area contributed by atoms with Gasteiger partial charge in [0.1, 0.15) is 0 Å². The predicted octanol–water partition coefficient (Wildman–Crippen LogP) is -0.453. The Morgan fingerprint density at radius 1 is 1.62 bits per heavy atom. The van der Waals surface area contributed by atoms with E-state index in [0.717, 1.165) is 0 Å². The summed E-state index contributed by atoms with van der Waals surface area (Å²) in [6.45, 7) is 0. The van der Waals surface area contributed by atoms with Crippen LogP contribution in [0.4, 0.5) is 0 Å². The van der Waals surface area contributed by atoms with Crippen LogP contribution in [-0.4, -0.2) is 24.9 Å². The lowest BCUT2D eigenvalue weighted by molar-refractivity contribution is -0.113. The van der Waals surface area contributed by atoms with E-state index in [1.165, 1.54) is 6.08 Å². The van der Waals surface area contributed by atoms with Gasteiger partial charge in [-0.15, -0.1) is 0 Å². The lowest BCUT2D eigenvalue weighted by Crippen LogP contribution is -2.09. The molecule has 8 heavy (non-hydrogen) atoms. The summed E-state index contributed by atoms with van der Waals surface area (Å²) >= 11 is 0. The zero-order valence-corrected chi connectivity index (χ0v) is 5.09. The first kappa shape index (κ1) is 7.01. The molecule has 0 aliphatic rings. The molecule has 0 saturated carbocycles. The van der Waals surface area contributed by atoms with Crippen LogP contribution in [0.1, 0.15) is 0 Å². The number of nitrogens with zero attached hydrogens (tertiary/aromatic N) is 1. The maximum Gasteiger partial charge on any atom is 0.242 e. The van der Waals surface area contributed by atoms with Gasteiger partial charge in [0.15, 0.2) is 0 Å². The number of hydrogen-bond donors (Lipinski definition) is 1. The fraction of sp³-hybridized carbons (Fsp3) is 0.400. The first-order valence-corrected chi connectivity index (χ1v) is 2.27. The van der Waals surface area contributed by atoms with E-state index in [0.29, 0.717) is 0 Å². The fourth-order valence-electron chi connectivity index (χ4n) is 0.223. The van der Waals surface area contributed by atoms with E-state index in [4.69, 9.17) is 5.73 Å². The van der Waals surface area contributed by atoms with Crippen LogP contribution in [0.5, 0.6) is 0 Å². The fourth-order valence-corrected chi connectivity index (χ4v) is 0.223. The van der Waals surface area contributed by atoms with Gasteiger partial charge in [0.2, 0.25) is 5.91 Å². The van der Waals surface area contributed by atoms with Crippen molar-refractivity contribution in [3.05, 3.63) is 12.3 Å². The first-order chi connectivity index (χ1) is 3.63. The van der Waals surface area contributed by atoms with Crippen LogP contribution in [0, 0.1) is 0 Å². The maximum absolute atomic E-state index is 10.0. The van der Waals surface area contributed by atoms with Crippen molar-refractivity contribution in [1.82, 2.24) is 4.90 Å². The number of primary amides is 1. The van der Waals surface area contributed by atoms with E-state index in [1.54, 1.807) is 11.1 Å². The molecule has 1 amide bonds. The number of nitrogens with two attached hydrogens (primary N) is 1. The molecule has 0 aliphatic heterocycles. The predicted molar refractivity (Wildman–Crippen MR) is 32.0 cm³/mol. The van der Waals surface area contributed by atoms with E-state index in [-0.39, 0.29) is 0 Å². The summed E-state index contributed by atoms with van der Waals surface area (Å²) < 4.78 is 0. The minimum Gasteiger partial charge on any atom is -0.383 e. The molecule has 2 N–H and O–H groups in total. The molecule has 0 radical (unpaired) electrons. The average molecular weight is 114 g/mol. The van der Waals surface area contributed by atoms with E-state index in [1.807, 2.05) is 14.1 Å². The molecule has 0 unspecified atom stereocenters. The Balaban J connectivity index is 3.50. The minimum absolute atomic E-state index is 0.418. The summed E-state index contributed by atoms with van der Waals surface area (Å²) in [6, 6.07) is 0. The van der Waals surface area contributed by atoms with Crippen LogP contribution in [0.15, 0.2) is 12.3 Å². The monoisotopic (exact) mass is 114 g/mol. The van der Waals surface area contributed by atoms with Crippen molar-refractivity contribution in [3.8, 4) is 0 Å². The minimum atomic E-state index is -0.418. The second-order valence-corrected chi connectivity index (χ2v) is 1.68. The number of hydrogen-bond acceptors (Lipinski definition) is 2. The summed E-state index contributed by atoms with van der Waals surface area (Å²) in [5.74, 6) is -0.418. The third-order valence-corrected chi connectivity index (χ3v) is 0.537.